The first-order chi connectivity index (χ1) is 12.5. The van der Waals surface area contributed by atoms with Gasteiger partial charge in [0, 0.05) is 5.56 Å². The highest BCUT2D eigenvalue weighted by atomic mass is 16.5. The smallest absolute Gasteiger partial charge is 0.262 e. The molecule has 1 aliphatic rings. The third-order valence-electron chi connectivity index (χ3n) is 3.83. The van der Waals surface area contributed by atoms with Crippen LogP contribution >= 0.6 is 0 Å². The summed E-state index contributed by atoms with van der Waals surface area (Å²) in [6, 6.07) is 8.01. The second-order valence-electron chi connectivity index (χ2n) is 5.52. The molecule has 1 amide bonds. The third kappa shape index (κ3) is 3.46. The van der Waals surface area contributed by atoms with E-state index in [4.69, 9.17) is 14.2 Å². The largest absolute Gasteiger partial charge is 0.502 e. The van der Waals surface area contributed by atoms with Gasteiger partial charge in [-0.25, -0.2) is 0 Å². The summed E-state index contributed by atoms with van der Waals surface area (Å²) in [6.07, 6.45) is 2.97. The summed E-state index contributed by atoms with van der Waals surface area (Å²) in [7, 11) is 2.85. The van der Waals surface area contributed by atoms with Crippen LogP contribution < -0.4 is 19.5 Å². The van der Waals surface area contributed by atoms with Crippen molar-refractivity contribution in [1.82, 2.24) is 0 Å². The van der Waals surface area contributed by atoms with Gasteiger partial charge in [-0.15, -0.1) is 0 Å². The van der Waals surface area contributed by atoms with Gasteiger partial charge >= 0.3 is 0 Å². The van der Waals surface area contributed by atoms with E-state index < -0.39 is 0 Å². The van der Waals surface area contributed by atoms with E-state index in [0.717, 1.165) is 0 Å². The lowest BCUT2D eigenvalue weighted by molar-refractivity contribution is -0.118. The fraction of sp³-hybridized carbons (Fsp3) is 0.158. The lowest BCUT2D eigenvalue weighted by Gasteiger charge is -2.17. The number of ketones is 1. The number of benzene rings is 2. The van der Waals surface area contributed by atoms with Crippen molar-refractivity contribution in [2.45, 2.75) is 0 Å². The van der Waals surface area contributed by atoms with Gasteiger partial charge in [-0.3, -0.25) is 9.59 Å². The van der Waals surface area contributed by atoms with Gasteiger partial charge < -0.3 is 24.6 Å². The summed E-state index contributed by atoms with van der Waals surface area (Å²) in [5.74, 6) is 0.386. The number of phenols is 1. The van der Waals surface area contributed by atoms with Gasteiger partial charge in [0.25, 0.3) is 5.91 Å². The molecule has 7 nitrogen and oxygen atoms in total. The van der Waals surface area contributed by atoms with Crippen molar-refractivity contribution in [2.24, 2.45) is 0 Å². The number of rotatable bonds is 5. The van der Waals surface area contributed by atoms with Crippen molar-refractivity contribution in [2.75, 3.05) is 26.1 Å². The zero-order chi connectivity index (χ0) is 18.7. The van der Waals surface area contributed by atoms with Crippen LogP contribution in [0, 0.1) is 0 Å². The zero-order valence-electron chi connectivity index (χ0n) is 14.2. The highest BCUT2D eigenvalue weighted by Gasteiger charge is 2.17. The Morgan fingerprint density at radius 1 is 1.19 bits per heavy atom. The van der Waals surface area contributed by atoms with Gasteiger partial charge in [0.05, 0.1) is 19.9 Å². The number of aromatic hydroxyl groups is 1. The van der Waals surface area contributed by atoms with Crippen LogP contribution in [0.3, 0.4) is 0 Å². The molecule has 26 heavy (non-hydrogen) atoms. The monoisotopic (exact) mass is 355 g/mol. The van der Waals surface area contributed by atoms with Crippen molar-refractivity contribution in [3.05, 3.63) is 47.5 Å². The Balaban J connectivity index is 1.84. The number of amides is 1. The molecule has 2 aromatic carbocycles. The highest BCUT2D eigenvalue weighted by Crippen LogP contribution is 2.37. The number of ether oxygens (including phenoxy) is 3. The number of fused-ring (bicyclic) bond motifs is 1. The predicted molar refractivity (Wildman–Crippen MR) is 95.1 cm³/mol. The van der Waals surface area contributed by atoms with E-state index in [1.807, 2.05) is 0 Å². The standard InChI is InChI=1S/C19H17NO6/c1-24-16-7-11(8-17(25-2)19(16)23)3-5-14(21)12-4-6-15-13(9-12)20-18(22)10-26-15/h3-9,23H,10H2,1-2H3,(H,20,22). The number of anilines is 1. The average Bonchev–Trinajstić information content (AvgIpc) is 2.66. The zero-order valence-corrected chi connectivity index (χ0v) is 14.2. The summed E-state index contributed by atoms with van der Waals surface area (Å²) in [4.78, 5) is 23.8. The SMILES string of the molecule is COc1cc(C=CC(=O)c2ccc3c(c2)NC(=O)CO3)cc(OC)c1O. The summed E-state index contributed by atoms with van der Waals surface area (Å²) in [6.45, 7) is -0.0370. The molecule has 0 saturated carbocycles. The second kappa shape index (κ2) is 7.18. The molecule has 0 bridgehead atoms. The molecule has 2 N–H and O–H groups in total. The summed E-state index contributed by atoms with van der Waals surface area (Å²) in [5.41, 5.74) is 1.50. The number of phenolic OH excluding ortho intramolecular Hbond substituents is 1. The van der Waals surface area contributed by atoms with E-state index in [2.05, 4.69) is 5.32 Å². The average molecular weight is 355 g/mol. The minimum atomic E-state index is -0.263. The molecule has 1 aliphatic heterocycles. The Morgan fingerprint density at radius 3 is 2.54 bits per heavy atom. The number of hydrogen-bond acceptors (Lipinski definition) is 6. The molecule has 134 valence electrons. The Morgan fingerprint density at radius 2 is 1.88 bits per heavy atom. The van der Waals surface area contributed by atoms with Crippen molar-refractivity contribution >= 4 is 23.5 Å². The predicted octanol–water partition coefficient (Wildman–Crippen LogP) is 2.64. The van der Waals surface area contributed by atoms with Gasteiger partial charge in [-0.2, -0.15) is 0 Å². The second-order valence-corrected chi connectivity index (χ2v) is 5.52. The van der Waals surface area contributed by atoms with Crippen LogP contribution in [0.1, 0.15) is 15.9 Å². The minimum Gasteiger partial charge on any atom is -0.502 e. The molecule has 2 aromatic rings. The third-order valence-corrected chi connectivity index (χ3v) is 3.83. The molecule has 0 atom stereocenters. The quantitative estimate of drug-likeness (QED) is 0.633. The number of methoxy groups -OCH3 is 2. The number of allylic oxidation sites excluding steroid dienone is 1. The van der Waals surface area contributed by atoms with E-state index >= 15 is 0 Å². The van der Waals surface area contributed by atoms with E-state index in [1.54, 1.807) is 36.4 Å². The molecule has 0 radical (unpaired) electrons. The normalized spacial score (nSPS) is 12.9. The minimum absolute atomic E-state index is 0.0370. The number of nitrogens with one attached hydrogen (secondary N) is 1. The van der Waals surface area contributed by atoms with Crippen LogP contribution in [0.5, 0.6) is 23.0 Å². The molecule has 0 fully saturated rings. The fourth-order valence-corrected chi connectivity index (χ4v) is 2.51. The van der Waals surface area contributed by atoms with Crippen LogP contribution in [0.2, 0.25) is 0 Å². The van der Waals surface area contributed by atoms with Crippen LogP contribution in [-0.2, 0) is 4.79 Å². The van der Waals surface area contributed by atoms with Gasteiger partial charge in [0.2, 0.25) is 5.75 Å². The lowest BCUT2D eigenvalue weighted by atomic mass is 10.1. The van der Waals surface area contributed by atoms with Crippen molar-refractivity contribution in [3.63, 3.8) is 0 Å². The van der Waals surface area contributed by atoms with Crippen LogP contribution in [0.25, 0.3) is 6.08 Å². The van der Waals surface area contributed by atoms with E-state index in [-0.39, 0.29) is 35.5 Å². The molecular formula is C19H17NO6. The van der Waals surface area contributed by atoms with Crippen molar-refractivity contribution in [1.29, 1.82) is 0 Å². The molecule has 0 aliphatic carbocycles. The molecule has 0 spiro atoms. The first-order valence-corrected chi connectivity index (χ1v) is 7.76. The number of carbonyl (C=O) groups is 2. The van der Waals surface area contributed by atoms with E-state index in [0.29, 0.717) is 22.6 Å². The molecular weight excluding hydrogens is 338 g/mol. The topological polar surface area (TPSA) is 94.1 Å². The Labute approximate surface area is 149 Å². The Kier molecular flexibility index (Phi) is 4.79. The summed E-state index contributed by atoms with van der Waals surface area (Å²) < 4.78 is 15.4. The van der Waals surface area contributed by atoms with Gasteiger partial charge in [-0.1, -0.05) is 6.08 Å². The first-order valence-electron chi connectivity index (χ1n) is 7.76. The molecule has 0 unspecified atom stereocenters. The molecule has 3 rings (SSSR count). The summed E-state index contributed by atoms with van der Waals surface area (Å²) >= 11 is 0. The van der Waals surface area contributed by atoms with Gasteiger partial charge in [0.15, 0.2) is 23.9 Å². The van der Waals surface area contributed by atoms with Crippen molar-refractivity contribution in [3.8, 4) is 23.0 Å². The van der Waals surface area contributed by atoms with Crippen LogP contribution in [0.15, 0.2) is 36.4 Å². The maximum absolute atomic E-state index is 12.4. The maximum atomic E-state index is 12.4. The molecule has 0 saturated heterocycles. The van der Waals surface area contributed by atoms with E-state index in [1.165, 1.54) is 20.3 Å². The van der Waals surface area contributed by atoms with Crippen molar-refractivity contribution < 1.29 is 28.9 Å². The first kappa shape index (κ1) is 17.3. The van der Waals surface area contributed by atoms with Crippen LogP contribution in [-0.4, -0.2) is 37.6 Å². The number of hydrogen-bond donors (Lipinski definition) is 2. The molecule has 1 heterocycles. The van der Waals surface area contributed by atoms with Gasteiger partial charge in [0.1, 0.15) is 5.75 Å². The fourth-order valence-electron chi connectivity index (χ4n) is 2.51. The lowest BCUT2D eigenvalue weighted by Crippen LogP contribution is -2.25. The Hall–Kier alpha value is -3.48. The highest BCUT2D eigenvalue weighted by molar-refractivity contribution is 6.08. The molecule has 0 aromatic heterocycles. The molecule has 7 heteroatoms. The summed E-state index contributed by atoms with van der Waals surface area (Å²) in [5, 5.41) is 12.6. The van der Waals surface area contributed by atoms with Gasteiger partial charge in [-0.05, 0) is 42.0 Å². The van der Waals surface area contributed by atoms with E-state index in [9.17, 15) is 14.7 Å². The van der Waals surface area contributed by atoms with Crippen LogP contribution in [0.4, 0.5) is 5.69 Å². The number of carbonyl (C=O) groups excluding carboxylic acids is 2. The maximum Gasteiger partial charge on any atom is 0.262 e. The Bertz CT molecular complexity index is 878.